The van der Waals surface area contributed by atoms with Crippen molar-refractivity contribution in [2.45, 2.75) is 13.0 Å². The van der Waals surface area contributed by atoms with Crippen LogP contribution >= 0.6 is 0 Å². The second-order valence-corrected chi connectivity index (χ2v) is 5.34. The summed E-state index contributed by atoms with van der Waals surface area (Å²) < 4.78 is 0. The monoisotopic (exact) mass is 312 g/mol. The van der Waals surface area contributed by atoms with Crippen molar-refractivity contribution in [2.75, 3.05) is 18.5 Å². The van der Waals surface area contributed by atoms with Gasteiger partial charge in [-0.05, 0) is 43.3 Å². The molecule has 0 spiro atoms. The third kappa shape index (κ3) is 4.40. The number of rotatable bonds is 5. The van der Waals surface area contributed by atoms with E-state index in [-0.39, 0.29) is 18.4 Å². The Balaban J connectivity index is 2.07. The predicted molar refractivity (Wildman–Crippen MR) is 89.6 cm³/mol. The molecule has 0 radical (unpaired) electrons. The van der Waals surface area contributed by atoms with Gasteiger partial charge in [0.2, 0.25) is 0 Å². The van der Waals surface area contributed by atoms with Gasteiger partial charge in [0, 0.05) is 30.4 Å². The summed E-state index contributed by atoms with van der Waals surface area (Å²) in [5, 5.41) is 11.8. The van der Waals surface area contributed by atoms with Crippen LogP contribution in [0.15, 0.2) is 54.6 Å². The van der Waals surface area contributed by atoms with Crippen LogP contribution in [-0.4, -0.2) is 36.6 Å². The minimum atomic E-state index is -0.598. The average molecular weight is 312 g/mol. The van der Waals surface area contributed by atoms with Crippen molar-refractivity contribution in [3.05, 3.63) is 65.7 Å². The van der Waals surface area contributed by atoms with Crippen molar-refractivity contribution in [1.29, 1.82) is 0 Å². The molecule has 0 aromatic heterocycles. The number of para-hydroxylation sites is 1. The van der Waals surface area contributed by atoms with E-state index in [2.05, 4.69) is 5.32 Å². The van der Waals surface area contributed by atoms with Gasteiger partial charge in [-0.1, -0.05) is 18.2 Å². The van der Waals surface area contributed by atoms with Crippen LogP contribution in [0.2, 0.25) is 0 Å². The summed E-state index contributed by atoms with van der Waals surface area (Å²) in [6, 6.07) is 15.8. The van der Waals surface area contributed by atoms with Crippen LogP contribution < -0.4 is 10.2 Å². The summed E-state index contributed by atoms with van der Waals surface area (Å²) in [5.41, 5.74) is 1.75. The SMILES string of the molecule is CC(O)CNC(=O)c1ccc(C(=O)N(C)c2ccccc2)cc1. The maximum absolute atomic E-state index is 12.4. The lowest BCUT2D eigenvalue weighted by atomic mass is 10.1. The molecular weight excluding hydrogens is 292 g/mol. The Labute approximate surface area is 135 Å². The summed E-state index contributed by atoms with van der Waals surface area (Å²) in [6.45, 7) is 1.79. The molecule has 0 saturated heterocycles. The highest BCUT2D eigenvalue weighted by molar-refractivity contribution is 6.06. The van der Waals surface area contributed by atoms with Crippen molar-refractivity contribution in [2.24, 2.45) is 0 Å². The first-order chi connectivity index (χ1) is 11.0. The van der Waals surface area contributed by atoms with Crippen LogP contribution in [0.25, 0.3) is 0 Å². The number of nitrogens with zero attached hydrogens (tertiary/aromatic N) is 1. The van der Waals surface area contributed by atoms with Gasteiger partial charge in [-0.15, -0.1) is 0 Å². The largest absolute Gasteiger partial charge is 0.392 e. The van der Waals surface area contributed by atoms with Crippen molar-refractivity contribution in [3.63, 3.8) is 0 Å². The van der Waals surface area contributed by atoms with Crippen LogP contribution in [-0.2, 0) is 0 Å². The van der Waals surface area contributed by atoms with Crippen LogP contribution in [0.3, 0.4) is 0 Å². The molecule has 0 aliphatic carbocycles. The summed E-state index contributed by atoms with van der Waals surface area (Å²) in [5.74, 6) is -0.423. The van der Waals surface area contributed by atoms with Gasteiger partial charge in [-0.25, -0.2) is 0 Å². The Morgan fingerprint density at radius 2 is 1.61 bits per heavy atom. The smallest absolute Gasteiger partial charge is 0.258 e. The highest BCUT2D eigenvalue weighted by atomic mass is 16.3. The number of anilines is 1. The Hall–Kier alpha value is -2.66. The molecule has 2 amide bonds. The van der Waals surface area contributed by atoms with Gasteiger partial charge < -0.3 is 15.3 Å². The lowest BCUT2D eigenvalue weighted by Crippen LogP contribution is -2.30. The van der Waals surface area contributed by atoms with E-state index in [0.717, 1.165) is 5.69 Å². The number of carbonyl (C=O) groups is 2. The minimum absolute atomic E-state index is 0.146. The molecule has 5 heteroatoms. The standard InChI is InChI=1S/C18H20N2O3/c1-13(21)12-19-17(22)14-8-10-15(11-9-14)18(23)20(2)16-6-4-3-5-7-16/h3-11,13,21H,12H2,1-2H3,(H,19,22). The van der Waals surface area contributed by atoms with E-state index in [1.54, 1.807) is 43.1 Å². The second-order valence-electron chi connectivity index (χ2n) is 5.34. The van der Waals surface area contributed by atoms with Crippen molar-refractivity contribution >= 4 is 17.5 Å². The molecule has 1 unspecified atom stereocenters. The molecule has 5 nitrogen and oxygen atoms in total. The normalized spacial score (nSPS) is 11.6. The van der Waals surface area contributed by atoms with Gasteiger partial charge in [0.25, 0.3) is 11.8 Å². The van der Waals surface area contributed by atoms with Gasteiger partial charge in [-0.3, -0.25) is 9.59 Å². The fourth-order valence-corrected chi connectivity index (χ4v) is 2.07. The molecular formula is C18H20N2O3. The number of benzene rings is 2. The third-order valence-electron chi connectivity index (χ3n) is 3.40. The van der Waals surface area contributed by atoms with Crippen LogP contribution in [0, 0.1) is 0 Å². The lowest BCUT2D eigenvalue weighted by Gasteiger charge is -2.17. The number of amides is 2. The molecule has 0 aliphatic rings. The van der Waals surface area contributed by atoms with Crippen LogP contribution in [0.4, 0.5) is 5.69 Å². The molecule has 0 saturated carbocycles. The first-order valence-corrected chi connectivity index (χ1v) is 7.38. The zero-order valence-electron chi connectivity index (χ0n) is 13.2. The number of hydrogen-bond acceptors (Lipinski definition) is 3. The van der Waals surface area contributed by atoms with E-state index in [9.17, 15) is 9.59 Å². The molecule has 2 aromatic carbocycles. The van der Waals surface area contributed by atoms with Gasteiger partial charge >= 0.3 is 0 Å². The first kappa shape index (κ1) is 16.7. The summed E-state index contributed by atoms with van der Waals surface area (Å²) in [7, 11) is 1.71. The zero-order chi connectivity index (χ0) is 16.8. The van der Waals surface area contributed by atoms with Gasteiger partial charge in [0.1, 0.15) is 0 Å². The summed E-state index contributed by atoms with van der Waals surface area (Å²) in [4.78, 5) is 25.9. The average Bonchev–Trinajstić information content (AvgIpc) is 2.59. The van der Waals surface area contributed by atoms with Crippen molar-refractivity contribution in [3.8, 4) is 0 Å². The highest BCUT2D eigenvalue weighted by Gasteiger charge is 2.14. The van der Waals surface area contributed by atoms with Gasteiger partial charge in [0.05, 0.1) is 6.10 Å². The summed E-state index contributed by atoms with van der Waals surface area (Å²) >= 11 is 0. The summed E-state index contributed by atoms with van der Waals surface area (Å²) in [6.07, 6.45) is -0.598. The zero-order valence-corrected chi connectivity index (χ0v) is 13.2. The molecule has 0 fully saturated rings. The topological polar surface area (TPSA) is 69.6 Å². The molecule has 0 aliphatic heterocycles. The number of hydrogen-bond donors (Lipinski definition) is 2. The van der Waals surface area contributed by atoms with Crippen molar-refractivity contribution in [1.82, 2.24) is 5.32 Å². The maximum Gasteiger partial charge on any atom is 0.258 e. The number of nitrogens with one attached hydrogen (secondary N) is 1. The van der Waals surface area contributed by atoms with Crippen LogP contribution in [0.5, 0.6) is 0 Å². The Bertz CT molecular complexity index is 666. The van der Waals surface area contributed by atoms with E-state index in [1.165, 1.54) is 0 Å². The molecule has 2 N–H and O–H groups in total. The fraction of sp³-hybridized carbons (Fsp3) is 0.222. The van der Waals surface area contributed by atoms with E-state index in [1.807, 2.05) is 30.3 Å². The molecule has 0 bridgehead atoms. The van der Waals surface area contributed by atoms with Crippen LogP contribution in [0.1, 0.15) is 27.6 Å². The molecule has 1 atom stereocenters. The Kier molecular flexibility index (Phi) is 5.49. The Morgan fingerprint density at radius 3 is 2.17 bits per heavy atom. The molecule has 120 valence electrons. The van der Waals surface area contributed by atoms with E-state index in [0.29, 0.717) is 11.1 Å². The fourth-order valence-electron chi connectivity index (χ4n) is 2.07. The highest BCUT2D eigenvalue weighted by Crippen LogP contribution is 2.15. The maximum atomic E-state index is 12.4. The number of carbonyl (C=O) groups excluding carboxylic acids is 2. The van der Waals surface area contributed by atoms with E-state index >= 15 is 0 Å². The predicted octanol–water partition coefficient (Wildman–Crippen LogP) is 2.07. The number of aliphatic hydroxyl groups is 1. The van der Waals surface area contributed by atoms with E-state index in [4.69, 9.17) is 5.11 Å². The Morgan fingerprint density at radius 1 is 1.04 bits per heavy atom. The first-order valence-electron chi connectivity index (χ1n) is 7.38. The third-order valence-corrected chi connectivity index (χ3v) is 3.40. The molecule has 2 aromatic rings. The minimum Gasteiger partial charge on any atom is -0.392 e. The van der Waals surface area contributed by atoms with Crippen molar-refractivity contribution < 1.29 is 14.7 Å². The number of aliphatic hydroxyl groups excluding tert-OH is 1. The van der Waals surface area contributed by atoms with Gasteiger partial charge in [0.15, 0.2) is 0 Å². The molecule has 2 rings (SSSR count). The van der Waals surface area contributed by atoms with E-state index < -0.39 is 6.10 Å². The quantitative estimate of drug-likeness (QED) is 0.888. The molecule has 0 heterocycles. The second kappa shape index (κ2) is 7.56. The molecule has 23 heavy (non-hydrogen) atoms. The van der Waals surface area contributed by atoms with Gasteiger partial charge in [-0.2, -0.15) is 0 Å². The lowest BCUT2D eigenvalue weighted by molar-refractivity contribution is 0.0922.